The van der Waals surface area contributed by atoms with Crippen molar-refractivity contribution in [3.05, 3.63) is 0 Å². The van der Waals surface area contributed by atoms with Gasteiger partial charge < -0.3 is 15.5 Å². The summed E-state index contributed by atoms with van der Waals surface area (Å²) in [4.78, 5) is 6.75. The summed E-state index contributed by atoms with van der Waals surface area (Å²) in [5, 5.41) is 6.84. The van der Waals surface area contributed by atoms with Crippen molar-refractivity contribution in [1.82, 2.24) is 15.5 Å². The van der Waals surface area contributed by atoms with Crippen LogP contribution in [0, 0.1) is 0 Å². The number of guanidine groups is 1. The average Bonchev–Trinajstić information content (AvgIpc) is 2.46. The van der Waals surface area contributed by atoms with Gasteiger partial charge in [0.2, 0.25) is 0 Å². The lowest BCUT2D eigenvalue weighted by molar-refractivity contribution is 0.292. The first-order valence-electron chi connectivity index (χ1n) is 7.86. The second-order valence-electron chi connectivity index (χ2n) is 5.06. The molecule has 0 aromatic carbocycles. The van der Waals surface area contributed by atoms with Gasteiger partial charge in [0, 0.05) is 19.6 Å². The molecule has 0 aliphatic heterocycles. The van der Waals surface area contributed by atoms with Gasteiger partial charge in [-0.25, -0.2) is 0 Å². The molecule has 0 bridgehead atoms. The number of nitrogens with one attached hydrogen (secondary N) is 2. The molecule has 0 rings (SSSR count). The molecular weight excluding hydrogens is 268 g/mol. The van der Waals surface area contributed by atoms with Crippen molar-refractivity contribution in [2.45, 2.75) is 46.1 Å². The Hall–Kier alpha value is -0.420. The predicted molar refractivity (Wildman–Crippen MR) is 94.0 cm³/mol. The minimum absolute atomic E-state index is 0.470. The van der Waals surface area contributed by atoms with E-state index >= 15 is 0 Å². The summed E-state index contributed by atoms with van der Waals surface area (Å²) in [5.74, 6) is 2.13. The molecule has 4 nitrogen and oxygen atoms in total. The highest BCUT2D eigenvalue weighted by Crippen LogP contribution is 1.99. The molecular formula is C15H34N4S. The van der Waals surface area contributed by atoms with E-state index in [1.807, 2.05) is 18.8 Å². The average molecular weight is 303 g/mol. The molecule has 0 aromatic heterocycles. The van der Waals surface area contributed by atoms with Gasteiger partial charge in [-0.1, -0.05) is 13.8 Å². The molecule has 0 aliphatic carbocycles. The Morgan fingerprint density at radius 1 is 1.25 bits per heavy atom. The van der Waals surface area contributed by atoms with Gasteiger partial charge >= 0.3 is 0 Å². The molecule has 0 spiro atoms. The lowest BCUT2D eigenvalue weighted by Gasteiger charge is -2.21. The van der Waals surface area contributed by atoms with Gasteiger partial charge in [-0.3, -0.25) is 4.99 Å². The molecule has 2 N–H and O–H groups in total. The zero-order chi connectivity index (χ0) is 15.2. The van der Waals surface area contributed by atoms with Crippen molar-refractivity contribution in [2.75, 3.05) is 45.2 Å². The largest absolute Gasteiger partial charge is 0.356 e. The Morgan fingerprint density at radius 3 is 2.50 bits per heavy atom. The number of hydrogen-bond donors (Lipinski definition) is 2. The van der Waals surface area contributed by atoms with E-state index < -0.39 is 0 Å². The zero-order valence-electron chi connectivity index (χ0n) is 14.0. The molecule has 0 amide bonds. The third-order valence-electron chi connectivity index (χ3n) is 3.43. The highest BCUT2D eigenvalue weighted by molar-refractivity contribution is 7.98. The molecule has 0 fully saturated rings. The van der Waals surface area contributed by atoms with Crippen LogP contribution in [0.1, 0.15) is 40.0 Å². The summed E-state index contributed by atoms with van der Waals surface area (Å²) in [7, 11) is 1.84. The molecule has 0 aliphatic rings. The molecule has 0 aromatic rings. The fraction of sp³-hybridized carbons (Fsp3) is 0.933. The summed E-state index contributed by atoms with van der Waals surface area (Å²) in [6, 6.07) is 0.470. The number of thioether (sulfide) groups is 1. The molecule has 0 radical (unpaired) electrons. The van der Waals surface area contributed by atoms with Crippen LogP contribution in [0.2, 0.25) is 0 Å². The van der Waals surface area contributed by atoms with Gasteiger partial charge in [0.1, 0.15) is 0 Å². The monoisotopic (exact) mass is 302 g/mol. The van der Waals surface area contributed by atoms with Crippen LogP contribution >= 0.6 is 11.8 Å². The summed E-state index contributed by atoms with van der Waals surface area (Å²) < 4.78 is 0. The van der Waals surface area contributed by atoms with Crippen LogP contribution in [-0.2, 0) is 0 Å². The number of rotatable bonds is 11. The van der Waals surface area contributed by atoms with E-state index in [1.54, 1.807) is 0 Å². The first-order chi connectivity index (χ1) is 9.67. The van der Waals surface area contributed by atoms with Gasteiger partial charge in [-0.2, -0.15) is 11.8 Å². The second kappa shape index (κ2) is 13.6. The molecule has 0 saturated heterocycles. The second-order valence-corrected chi connectivity index (χ2v) is 6.05. The summed E-state index contributed by atoms with van der Waals surface area (Å²) in [6.45, 7) is 11.2. The molecule has 120 valence electrons. The minimum Gasteiger partial charge on any atom is -0.356 e. The Kier molecular flexibility index (Phi) is 13.3. The van der Waals surface area contributed by atoms with E-state index in [0.717, 1.165) is 25.6 Å². The molecule has 1 atom stereocenters. The van der Waals surface area contributed by atoms with Crippen molar-refractivity contribution >= 4 is 17.7 Å². The normalized spacial score (nSPS) is 13.6. The molecule has 5 heteroatoms. The third-order valence-corrected chi connectivity index (χ3v) is 4.13. The number of hydrogen-bond acceptors (Lipinski definition) is 3. The quantitative estimate of drug-likeness (QED) is 0.349. The predicted octanol–water partition coefficient (Wildman–Crippen LogP) is 2.42. The molecule has 0 heterocycles. The van der Waals surface area contributed by atoms with Gasteiger partial charge in [0.05, 0.1) is 0 Å². The third kappa shape index (κ3) is 10.4. The van der Waals surface area contributed by atoms with Crippen LogP contribution in [0.4, 0.5) is 0 Å². The van der Waals surface area contributed by atoms with E-state index in [9.17, 15) is 0 Å². The summed E-state index contributed by atoms with van der Waals surface area (Å²) in [5.41, 5.74) is 0. The molecule has 1 unspecified atom stereocenters. The first-order valence-corrected chi connectivity index (χ1v) is 9.25. The lowest BCUT2D eigenvalue weighted by Crippen LogP contribution is -2.42. The van der Waals surface area contributed by atoms with Crippen LogP contribution in [0.15, 0.2) is 4.99 Å². The highest BCUT2D eigenvalue weighted by atomic mass is 32.2. The first kappa shape index (κ1) is 19.6. The maximum atomic E-state index is 4.28. The van der Waals surface area contributed by atoms with Crippen molar-refractivity contribution in [3.8, 4) is 0 Å². The summed E-state index contributed by atoms with van der Waals surface area (Å²) in [6.07, 6.45) is 5.74. The van der Waals surface area contributed by atoms with Crippen LogP contribution in [0.25, 0.3) is 0 Å². The Morgan fingerprint density at radius 2 is 1.95 bits per heavy atom. The van der Waals surface area contributed by atoms with Crippen LogP contribution in [0.3, 0.4) is 0 Å². The Labute approximate surface area is 130 Å². The molecule has 0 saturated carbocycles. The van der Waals surface area contributed by atoms with Gasteiger partial charge in [-0.05, 0) is 57.8 Å². The van der Waals surface area contributed by atoms with Gasteiger partial charge in [0.25, 0.3) is 0 Å². The number of aliphatic imine (C=N–C) groups is 1. The lowest BCUT2D eigenvalue weighted by atomic mass is 10.2. The Balaban J connectivity index is 3.78. The fourth-order valence-electron chi connectivity index (χ4n) is 2.08. The Bertz CT molecular complexity index is 242. The molecule has 20 heavy (non-hydrogen) atoms. The van der Waals surface area contributed by atoms with E-state index in [4.69, 9.17) is 0 Å². The SMILES string of the molecule is CCN(CC)CCCC(C)NC(=NC)NCCCSC. The van der Waals surface area contributed by atoms with Gasteiger partial charge in [-0.15, -0.1) is 0 Å². The standard InChI is InChI=1S/C15H34N4S/c1-6-19(7-2)12-8-10-14(3)18-15(16-4)17-11-9-13-20-5/h14H,6-13H2,1-5H3,(H2,16,17,18). The van der Waals surface area contributed by atoms with E-state index in [-0.39, 0.29) is 0 Å². The van der Waals surface area contributed by atoms with Crippen molar-refractivity contribution in [1.29, 1.82) is 0 Å². The fourth-order valence-corrected chi connectivity index (χ4v) is 2.52. The van der Waals surface area contributed by atoms with Crippen molar-refractivity contribution in [3.63, 3.8) is 0 Å². The van der Waals surface area contributed by atoms with Crippen molar-refractivity contribution in [2.24, 2.45) is 4.99 Å². The van der Waals surface area contributed by atoms with Crippen LogP contribution in [-0.4, -0.2) is 62.1 Å². The maximum Gasteiger partial charge on any atom is 0.191 e. The minimum atomic E-state index is 0.470. The van der Waals surface area contributed by atoms with E-state index in [2.05, 4.69) is 47.6 Å². The summed E-state index contributed by atoms with van der Waals surface area (Å²) >= 11 is 1.89. The van der Waals surface area contributed by atoms with E-state index in [1.165, 1.54) is 31.6 Å². The van der Waals surface area contributed by atoms with Crippen LogP contribution in [0.5, 0.6) is 0 Å². The smallest absolute Gasteiger partial charge is 0.191 e. The highest BCUT2D eigenvalue weighted by Gasteiger charge is 2.06. The maximum absolute atomic E-state index is 4.28. The van der Waals surface area contributed by atoms with Crippen LogP contribution < -0.4 is 10.6 Å². The van der Waals surface area contributed by atoms with Gasteiger partial charge in [0.15, 0.2) is 5.96 Å². The van der Waals surface area contributed by atoms with Crippen molar-refractivity contribution < 1.29 is 0 Å². The van der Waals surface area contributed by atoms with E-state index in [0.29, 0.717) is 6.04 Å². The zero-order valence-corrected chi connectivity index (χ0v) is 14.9. The topological polar surface area (TPSA) is 39.7 Å². The number of nitrogens with zero attached hydrogens (tertiary/aromatic N) is 2.